The van der Waals surface area contributed by atoms with Crippen molar-refractivity contribution < 1.29 is 15.0 Å². The highest BCUT2D eigenvalue weighted by Crippen LogP contribution is 2.14. The van der Waals surface area contributed by atoms with E-state index in [2.05, 4.69) is 0 Å². The number of nitrogens with zero attached hydrogens (tertiary/aromatic N) is 1. The average Bonchev–Trinajstić information content (AvgIpc) is 2.01. The van der Waals surface area contributed by atoms with E-state index in [-0.39, 0.29) is 18.6 Å². The molecule has 1 unspecified atom stereocenters. The molecule has 0 radical (unpaired) electrons. The number of aliphatic hydroxyl groups excluding tert-OH is 1. The Balaban J connectivity index is 4.64. The zero-order chi connectivity index (χ0) is 11.3. The van der Waals surface area contributed by atoms with E-state index in [1.54, 1.807) is 0 Å². The molecule has 0 spiro atoms. The smallest absolute Gasteiger partial charge is 0.321 e. The third-order valence-corrected chi connectivity index (χ3v) is 2.26. The lowest BCUT2D eigenvalue weighted by atomic mass is 10.0. The van der Waals surface area contributed by atoms with Crippen LogP contribution >= 0.6 is 0 Å². The molecule has 1 atom stereocenters. The van der Waals surface area contributed by atoms with Gasteiger partial charge in [-0.2, -0.15) is 0 Å². The van der Waals surface area contributed by atoms with Gasteiger partial charge in [-0.15, -0.1) is 0 Å². The average molecular weight is 203 g/mol. The first-order valence-electron chi connectivity index (χ1n) is 5.01. The predicted molar refractivity (Wildman–Crippen MR) is 55.2 cm³/mol. The van der Waals surface area contributed by atoms with Crippen LogP contribution in [0.4, 0.5) is 0 Å². The maximum atomic E-state index is 11.0. The minimum atomic E-state index is -0.817. The van der Waals surface area contributed by atoms with Crippen molar-refractivity contribution in [1.82, 2.24) is 4.90 Å². The number of carboxylic acid groups (broad SMARTS) is 1. The van der Waals surface area contributed by atoms with Crippen molar-refractivity contribution in [3.63, 3.8) is 0 Å². The van der Waals surface area contributed by atoms with Crippen molar-refractivity contribution >= 4 is 5.97 Å². The number of aliphatic carboxylic acids is 1. The molecule has 0 saturated carbocycles. The normalized spacial score (nSPS) is 14.0. The van der Waals surface area contributed by atoms with Crippen molar-refractivity contribution in [2.24, 2.45) is 5.92 Å². The van der Waals surface area contributed by atoms with Gasteiger partial charge in [-0.25, -0.2) is 0 Å². The van der Waals surface area contributed by atoms with Gasteiger partial charge in [0.2, 0.25) is 0 Å². The highest BCUT2D eigenvalue weighted by molar-refractivity contribution is 5.73. The van der Waals surface area contributed by atoms with Crippen LogP contribution in [0.3, 0.4) is 0 Å². The summed E-state index contributed by atoms with van der Waals surface area (Å²) in [4.78, 5) is 12.9. The van der Waals surface area contributed by atoms with Crippen molar-refractivity contribution in [2.45, 2.75) is 39.8 Å². The van der Waals surface area contributed by atoms with Gasteiger partial charge < -0.3 is 10.2 Å². The van der Waals surface area contributed by atoms with E-state index in [1.807, 2.05) is 32.6 Å². The summed E-state index contributed by atoms with van der Waals surface area (Å²) in [6, 6.07) is -0.382. The van der Waals surface area contributed by atoms with Gasteiger partial charge in [-0.3, -0.25) is 9.69 Å². The Kier molecular flexibility index (Phi) is 5.72. The fourth-order valence-electron chi connectivity index (χ4n) is 1.64. The van der Waals surface area contributed by atoms with E-state index < -0.39 is 12.0 Å². The molecule has 0 aromatic heterocycles. The van der Waals surface area contributed by atoms with Gasteiger partial charge in [0.1, 0.15) is 6.04 Å². The molecule has 2 N–H and O–H groups in total. The van der Waals surface area contributed by atoms with Gasteiger partial charge in [-0.1, -0.05) is 13.8 Å². The molecule has 0 fully saturated rings. The van der Waals surface area contributed by atoms with Crippen LogP contribution in [0.15, 0.2) is 0 Å². The van der Waals surface area contributed by atoms with Crippen LogP contribution in [0.1, 0.15) is 27.7 Å². The van der Waals surface area contributed by atoms with Crippen LogP contribution in [-0.4, -0.2) is 46.3 Å². The summed E-state index contributed by atoms with van der Waals surface area (Å²) in [6.07, 6.45) is 0. The van der Waals surface area contributed by atoms with Gasteiger partial charge >= 0.3 is 5.97 Å². The van der Waals surface area contributed by atoms with Crippen LogP contribution < -0.4 is 0 Å². The molecule has 0 rings (SSSR count). The molecule has 84 valence electrons. The quantitative estimate of drug-likeness (QED) is 0.670. The largest absolute Gasteiger partial charge is 0.480 e. The van der Waals surface area contributed by atoms with E-state index in [0.717, 1.165) is 0 Å². The van der Waals surface area contributed by atoms with Crippen LogP contribution in [0.25, 0.3) is 0 Å². The molecule has 0 amide bonds. The summed E-state index contributed by atoms with van der Waals surface area (Å²) >= 11 is 0. The molecule has 4 heteroatoms. The van der Waals surface area contributed by atoms with E-state index in [0.29, 0.717) is 6.54 Å². The van der Waals surface area contributed by atoms with Crippen LogP contribution in [0.5, 0.6) is 0 Å². The topological polar surface area (TPSA) is 60.8 Å². The second kappa shape index (κ2) is 5.98. The number of hydrogen-bond acceptors (Lipinski definition) is 3. The van der Waals surface area contributed by atoms with Gasteiger partial charge in [0.05, 0.1) is 6.61 Å². The Hall–Kier alpha value is -0.610. The standard InChI is InChI=1S/C10H21NO3/c1-7(2)9(10(13)14)11(5-6-12)8(3)4/h7-9,12H,5-6H2,1-4H3,(H,13,14). The minimum Gasteiger partial charge on any atom is -0.480 e. The van der Waals surface area contributed by atoms with Crippen molar-refractivity contribution in [3.05, 3.63) is 0 Å². The van der Waals surface area contributed by atoms with E-state index >= 15 is 0 Å². The number of hydrogen-bond donors (Lipinski definition) is 2. The number of rotatable bonds is 6. The van der Waals surface area contributed by atoms with Gasteiger partial charge in [0, 0.05) is 12.6 Å². The Bertz CT molecular complexity index is 180. The summed E-state index contributed by atoms with van der Waals surface area (Å²) in [5, 5.41) is 17.9. The third-order valence-electron chi connectivity index (χ3n) is 2.26. The third kappa shape index (κ3) is 3.64. The predicted octanol–water partition coefficient (Wildman–Crippen LogP) is 0.798. The van der Waals surface area contributed by atoms with Gasteiger partial charge in [0.15, 0.2) is 0 Å². The van der Waals surface area contributed by atoms with Crippen molar-refractivity contribution in [2.75, 3.05) is 13.2 Å². The lowest BCUT2D eigenvalue weighted by Gasteiger charge is -2.33. The number of carbonyl (C=O) groups is 1. The molecular weight excluding hydrogens is 182 g/mol. The number of aliphatic hydroxyl groups is 1. The summed E-state index contributed by atoms with van der Waals surface area (Å²) < 4.78 is 0. The molecular formula is C10H21NO3. The molecule has 0 bridgehead atoms. The highest BCUT2D eigenvalue weighted by Gasteiger charge is 2.29. The fraction of sp³-hybridized carbons (Fsp3) is 0.900. The summed E-state index contributed by atoms with van der Waals surface area (Å²) in [5.41, 5.74) is 0. The van der Waals surface area contributed by atoms with Gasteiger partial charge in [0.25, 0.3) is 0 Å². The highest BCUT2D eigenvalue weighted by atomic mass is 16.4. The first-order valence-corrected chi connectivity index (χ1v) is 5.01. The zero-order valence-corrected chi connectivity index (χ0v) is 9.40. The lowest BCUT2D eigenvalue weighted by molar-refractivity contribution is -0.146. The monoisotopic (exact) mass is 203 g/mol. The van der Waals surface area contributed by atoms with Crippen LogP contribution in [-0.2, 0) is 4.79 Å². The first-order chi connectivity index (χ1) is 6.41. The molecule has 0 aliphatic rings. The summed E-state index contributed by atoms with van der Waals surface area (Å²) in [5.74, 6) is -0.774. The SMILES string of the molecule is CC(C)C(C(=O)O)N(CCO)C(C)C. The second-order valence-corrected chi connectivity index (χ2v) is 4.08. The zero-order valence-electron chi connectivity index (χ0n) is 9.40. The maximum Gasteiger partial charge on any atom is 0.321 e. The summed E-state index contributed by atoms with van der Waals surface area (Å²) in [6.45, 7) is 8.04. The minimum absolute atomic E-state index is 0.00528. The Labute approximate surface area is 85.5 Å². The molecule has 0 heterocycles. The molecule has 0 aromatic rings. The summed E-state index contributed by atoms with van der Waals surface area (Å²) in [7, 11) is 0. The van der Waals surface area contributed by atoms with Crippen molar-refractivity contribution in [1.29, 1.82) is 0 Å². The molecule has 0 aliphatic heterocycles. The molecule has 0 aliphatic carbocycles. The van der Waals surface area contributed by atoms with E-state index in [1.165, 1.54) is 0 Å². The first kappa shape index (κ1) is 13.4. The number of carboxylic acids is 1. The maximum absolute atomic E-state index is 11.0. The second-order valence-electron chi connectivity index (χ2n) is 4.08. The molecule has 4 nitrogen and oxygen atoms in total. The van der Waals surface area contributed by atoms with E-state index in [9.17, 15) is 4.79 Å². The molecule has 14 heavy (non-hydrogen) atoms. The van der Waals surface area contributed by atoms with Crippen LogP contribution in [0.2, 0.25) is 0 Å². The Morgan fingerprint density at radius 2 is 1.79 bits per heavy atom. The van der Waals surface area contributed by atoms with E-state index in [4.69, 9.17) is 10.2 Å². The molecule has 0 saturated heterocycles. The fourth-order valence-corrected chi connectivity index (χ4v) is 1.64. The van der Waals surface area contributed by atoms with Crippen molar-refractivity contribution in [3.8, 4) is 0 Å². The lowest BCUT2D eigenvalue weighted by Crippen LogP contribution is -2.49. The van der Waals surface area contributed by atoms with Crippen LogP contribution in [0, 0.1) is 5.92 Å². The van der Waals surface area contributed by atoms with Gasteiger partial charge in [-0.05, 0) is 19.8 Å². The Morgan fingerprint density at radius 1 is 1.29 bits per heavy atom. The Morgan fingerprint density at radius 3 is 2.00 bits per heavy atom. The molecule has 0 aromatic carbocycles.